The summed E-state index contributed by atoms with van der Waals surface area (Å²) in [6, 6.07) is 11.2. The van der Waals surface area contributed by atoms with Crippen LogP contribution in [-0.2, 0) is 0 Å². The monoisotopic (exact) mass is 268 g/mol. The first-order valence-corrected chi connectivity index (χ1v) is 8.02. The lowest BCUT2D eigenvalue weighted by Gasteiger charge is -2.40. The Balaban J connectivity index is 1.74. The highest BCUT2D eigenvalue weighted by Gasteiger charge is 2.43. The summed E-state index contributed by atoms with van der Waals surface area (Å²) in [5.41, 5.74) is 8.64. The van der Waals surface area contributed by atoms with E-state index < -0.39 is 0 Å². The van der Waals surface area contributed by atoms with Gasteiger partial charge in [-0.25, -0.2) is 0 Å². The maximum absolute atomic E-state index is 9.40. The standard InChI is InChI=1S/C18H24N2/c19-13-18(11-4-12-18)17(20)16-9-7-15(8-10-16)14-5-2-1-3-6-14/h7-10,14,17H,1-6,11-12,20H2. The molecule has 0 amide bonds. The van der Waals surface area contributed by atoms with Crippen molar-refractivity contribution >= 4 is 0 Å². The van der Waals surface area contributed by atoms with E-state index in [9.17, 15) is 5.26 Å². The molecule has 0 saturated heterocycles. The van der Waals surface area contributed by atoms with Crippen LogP contribution in [0.1, 0.15) is 74.5 Å². The van der Waals surface area contributed by atoms with Crippen LogP contribution < -0.4 is 5.73 Å². The van der Waals surface area contributed by atoms with Crippen LogP contribution in [0.5, 0.6) is 0 Å². The largest absolute Gasteiger partial charge is 0.323 e. The second-order valence-corrected chi connectivity index (χ2v) is 6.60. The van der Waals surface area contributed by atoms with Crippen molar-refractivity contribution in [3.63, 3.8) is 0 Å². The molecule has 2 heteroatoms. The zero-order valence-corrected chi connectivity index (χ0v) is 12.1. The van der Waals surface area contributed by atoms with E-state index in [2.05, 4.69) is 30.3 Å². The summed E-state index contributed by atoms with van der Waals surface area (Å²) < 4.78 is 0. The van der Waals surface area contributed by atoms with Gasteiger partial charge in [0.25, 0.3) is 0 Å². The third kappa shape index (κ3) is 2.36. The molecule has 1 aromatic rings. The van der Waals surface area contributed by atoms with Gasteiger partial charge in [0.1, 0.15) is 0 Å². The second-order valence-electron chi connectivity index (χ2n) is 6.60. The minimum Gasteiger partial charge on any atom is -0.323 e. The third-order valence-electron chi connectivity index (χ3n) is 5.44. The van der Waals surface area contributed by atoms with Gasteiger partial charge >= 0.3 is 0 Å². The van der Waals surface area contributed by atoms with Crippen LogP contribution in [0.15, 0.2) is 24.3 Å². The highest BCUT2D eigenvalue weighted by molar-refractivity contribution is 5.31. The summed E-state index contributed by atoms with van der Waals surface area (Å²) in [5, 5.41) is 9.40. The van der Waals surface area contributed by atoms with Crippen LogP contribution >= 0.6 is 0 Å². The van der Waals surface area contributed by atoms with Gasteiger partial charge in [-0.1, -0.05) is 49.9 Å². The van der Waals surface area contributed by atoms with Crippen molar-refractivity contribution in [2.75, 3.05) is 0 Å². The van der Waals surface area contributed by atoms with E-state index >= 15 is 0 Å². The number of nitrogens with two attached hydrogens (primary N) is 1. The van der Waals surface area contributed by atoms with Gasteiger partial charge in [-0.2, -0.15) is 5.26 Å². The van der Waals surface area contributed by atoms with Crippen molar-refractivity contribution < 1.29 is 0 Å². The minimum atomic E-state index is -0.299. The molecular weight excluding hydrogens is 244 g/mol. The van der Waals surface area contributed by atoms with Crippen molar-refractivity contribution in [2.45, 2.75) is 63.3 Å². The highest BCUT2D eigenvalue weighted by Crippen LogP contribution is 2.48. The molecule has 0 heterocycles. The molecule has 3 rings (SSSR count). The van der Waals surface area contributed by atoms with E-state index in [0.29, 0.717) is 0 Å². The van der Waals surface area contributed by atoms with Gasteiger partial charge in [0, 0.05) is 6.04 Å². The molecule has 0 aliphatic heterocycles. The van der Waals surface area contributed by atoms with Crippen LogP contribution in [0.25, 0.3) is 0 Å². The molecule has 0 aromatic heterocycles. The predicted molar refractivity (Wildman–Crippen MR) is 81.1 cm³/mol. The number of hydrogen-bond donors (Lipinski definition) is 1. The summed E-state index contributed by atoms with van der Waals surface area (Å²) in [4.78, 5) is 0. The Morgan fingerprint density at radius 1 is 1.05 bits per heavy atom. The number of nitrogens with zero attached hydrogens (tertiary/aromatic N) is 1. The Hall–Kier alpha value is -1.33. The van der Waals surface area contributed by atoms with Gasteiger partial charge in [0.05, 0.1) is 11.5 Å². The molecule has 2 aliphatic carbocycles. The molecule has 1 aromatic carbocycles. The molecule has 2 N–H and O–H groups in total. The van der Waals surface area contributed by atoms with Gasteiger partial charge in [0.2, 0.25) is 0 Å². The molecular formula is C18H24N2. The first-order valence-electron chi connectivity index (χ1n) is 8.02. The summed E-state index contributed by atoms with van der Waals surface area (Å²) >= 11 is 0. The summed E-state index contributed by atoms with van der Waals surface area (Å²) in [7, 11) is 0. The van der Waals surface area contributed by atoms with Crippen molar-refractivity contribution in [1.82, 2.24) is 0 Å². The zero-order chi connectivity index (χ0) is 14.0. The SMILES string of the molecule is N#CC1(C(N)c2ccc(C3CCCCC3)cc2)CCC1. The summed E-state index contributed by atoms with van der Waals surface area (Å²) in [6.45, 7) is 0. The number of benzene rings is 1. The highest BCUT2D eigenvalue weighted by atomic mass is 14.7. The predicted octanol–water partition coefficient (Wildman–Crippen LogP) is 4.43. The maximum Gasteiger partial charge on any atom is 0.0766 e. The molecule has 0 bridgehead atoms. The van der Waals surface area contributed by atoms with E-state index in [4.69, 9.17) is 5.73 Å². The first kappa shape index (κ1) is 13.6. The van der Waals surface area contributed by atoms with Gasteiger partial charge in [-0.15, -0.1) is 0 Å². The average Bonchev–Trinajstić information content (AvgIpc) is 2.48. The fraction of sp³-hybridized carbons (Fsp3) is 0.611. The van der Waals surface area contributed by atoms with Crippen LogP contribution in [0, 0.1) is 16.7 Å². The van der Waals surface area contributed by atoms with Crippen molar-refractivity contribution in [3.8, 4) is 6.07 Å². The Morgan fingerprint density at radius 2 is 1.70 bits per heavy atom. The molecule has 0 spiro atoms. The van der Waals surface area contributed by atoms with Crippen molar-refractivity contribution in [1.29, 1.82) is 5.26 Å². The molecule has 1 unspecified atom stereocenters. The zero-order valence-electron chi connectivity index (χ0n) is 12.1. The summed E-state index contributed by atoms with van der Waals surface area (Å²) in [6.07, 6.45) is 9.82. The smallest absolute Gasteiger partial charge is 0.0766 e. The summed E-state index contributed by atoms with van der Waals surface area (Å²) in [5.74, 6) is 0.739. The van der Waals surface area contributed by atoms with Gasteiger partial charge in [0.15, 0.2) is 0 Å². The molecule has 2 nitrogen and oxygen atoms in total. The Labute approximate surface area is 122 Å². The number of nitriles is 1. The molecule has 2 saturated carbocycles. The lowest BCUT2D eigenvalue weighted by atomic mass is 9.63. The molecule has 20 heavy (non-hydrogen) atoms. The van der Waals surface area contributed by atoms with Gasteiger partial charge in [-0.3, -0.25) is 0 Å². The van der Waals surface area contributed by atoms with E-state index in [1.54, 1.807) is 0 Å². The second kappa shape index (κ2) is 5.58. The molecule has 106 valence electrons. The molecule has 2 fully saturated rings. The minimum absolute atomic E-state index is 0.123. The molecule has 0 radical (unpaired) electrons. The van der Waals surface area contributed by atoms with Crippen LogP contribution in [0.3, 0.4) is 0 Å². The third-order valence-corrected chi connectivity index (χ3v) is 5.44. The van der Waals surface area contributed by atoms with Crippen LogP contribution in [0.2, 0.25) is 0 Å². The first-order chi connectivity index (χ1) is 9.75. The van der Waals surface area contributed by atoms with Crippen molar-refractivity contribution in [3.05, 3.63) is 35.4 Å². The number of rotatable bonds is 3. The lowest BCUT2D eigenvalue weighted by Crippen LogP contribution is -2.39. The Bertz CT molecular complexity index is 487. The average molecular weight is 268 g/mol. The molecule has 1 atom stereocenters. The fourth-order valence-corrected chi connectivity index (χ4v) is 3.78. The van der Waals surface area contributed by atoms with Crippen molar-refractivity contribution in [2.24, 2.45) is 11.1 Å². The van der Waals surface area contributed by atoms with Gasteiger partial charge in [-0.05, 0) is 42.7 Å². The fourth-order valence-electron chi connectivity index (χ4n) is 3.78. The lowest BCUT2D eigenvalue weighted by molar-refractivity contribution is 0.169. The van der Waals surface area contributed by atoms with E-state index in [1.165, 1.54) is 37.7 Å². The van der Waals surface area contributed by atoms with E-state index in [0.717, 1.165) is 30.7 Å². The van der Waals surface area contributed by atoms with E-state index in [1.807, 2.05) is 0 Å². The van der Waals surface area contributed by atoms with Crippen LogP contribution in [0.4, 0.5) is 0 Å². The normalized spacial score (nSPS) is 23.6. The Morgan fingerprint density at radius 3 is 2.20 bits per heavy atom. The van der Waals surface area contributed by atoms with Gasteiger partial charge < -0.3 is 5.73 Å². The Kier molecular flexibility index (Phi) is 3.81. The number of hydrogen-bond acceptors (Lipinski definition) is 2. The topological polar surface area (TPSA) is 49.8 Å². The maximum atomic E-state index is 9.40. The quantitative estimate of drug-likeness (QED) is 0.881. The molecule has 2 aliphatic rings. The van der Waals surface area contributed by atoms with E-state index in [-0.39, 0.29) is 11.5 Å². The van der Waals surface area contributed by atoms with Crippen LogP contribution in [-0.4, -0.2) is 0 Å².